The first-order valence-corrected chi connectivity index (χ1v) is 7.96. The number of Topliss-reactive ketones (excluding diaryl/α,β-unsaturated/α-hetero) is 1. The second kappa shape index (κ2) is 5.90. The second-order valence-corrected chi connectivity index (χ2v) is 6.36. The molecule has 0 unspecified atom stereocenters. The maximum Gasteiger partial charge on any atom is 0.162 e. The highest BCUT2D eigenvalue weighted by atomic mass is 16.1. The van der Waals surface area contributed by atoms with Crippen LogP contribution in [0, 0.1) is 5.92 Å². The zero-order valence-electron chi connectivity index (χ0n) is 11.7. The van der Waals surface area contributed by atoms with Crippen molar-refractivity contribution in [3.8, 4) is 0 Å². The zero-order valence-corrected chi connectivity index (χ0v) is 11.7. The summed E-state index contributed by atoms with van der Waals surface area (Å²) in [6.07, 6.45) is 11.3. The van der Waals surface area contributed by atoms with Gasteiger partial charge in [0.25, 0.3) is 0 Å². The van der Waals surface area contributed by atoms with E-state index in [9.17, 15) is 4.79 Å². The van der Waals surface area contributed by atoms with Gasteiger partial charge in [0.05, 0.1) is 0 Å². The van der Waals surface area contributed by atoms with Crippen molar-refractivity contribution >= 4 is 5.78 Å². The highest BCUT2D eigenvalue weighted by Crippen LogP contribution is 2.36. The largest absolute Gasteiger partial charge is 0.294 e. The first kappa shape index (κ1) is 12.9. The molecule has 2 aliphatic carbocycles. The lowest BCUT2D eigenvalue weighted by Crippen LogP contribution is -2.09. The van der Waals surface area contributed by atoms with Crippen LogP contribution < -0.4 is 0 Å². The standard InChI is InChI=1S/C18H24O/c19-18(13-8-14-4-1-2-5-14)17-11-9-16(10-12-17)15-6-3-7-15/h9-12,14-15H,1-8,13H2. The fraction of sp³-hybridized carbons (Fsp3) is 0.611. The van der Waals surface area contributed by atoms with Crippen LogP contribution in [-0.4, -0.2) is 5.78 Å². The van der Waals surface area contributed by atoms with Gasteiger partial charge in [-0.25, -0.2) is 0 Å². The summed E-state index contributed by atoms with van der Waals surface area (Å²) in [5.41, 5.74) is 2.35. The lowest BCUT2D eigenvalue weighted by Gasteiger charge is -2.25. The molecule has 1 aromatic rings. The lowest BCUT2D eigenvalue weighted by atomic mass is 9.80. The van der Waals surface area contributed by atoms with Gasteiger partial charge in [-0.3, -0.25) is 4.79 Å². The van der Waals surface area contributed by atoms with Crippen LogP contribution >= 0.6 is 0 Å². The molecule has 0 bridgehead atoms. The SMILES string of the molecule is O=C(CCC1CCCC1)c1ccc(C2CCC2)cc1. The van der Waals surface area contributed by atoms with Crippen molar-refractivity contribution in [1.29, 1.82) is 0 Å². The average Bonchev–Trinajstić information content (AvgIpc) is 2.88. The third kappa shape index (κ3) is 3.08. The summed E-state index contributed by atoms with van der Waals surface area (Å²) in [6, 6.07) is 8.44. The van der Waals surface area contributed by atoms with Crippen LogP contribution in [0.3, 0.4) is 0 Å². The number of carbonyl (C=O) groups excluding carboxylic acids is 1. The lowest BCUT2D eigenvalue weighted by molar-refractivity contribution is 0.0974. The number of hydrogen-bond donors (Lipinski definition) is 0. The number of ketones is 1. The predicted molar refractivity (Wildman–Crippen MR) is 78.6 cm³/mol. The van der Waals surface area contributed by atoms with Gasteiger partial charge in [-0.2, -0.15) is 0 Å². The molecule has 0 saturated heterocycles. The molecule has 19 heavy (non-hydrogen) atoms. The molecule has 0 aliphatic heterocycles. The van der Waals surface area contributed by atoms with Crippen molar-refractivity contribution in [2.75, 3.05) is 0 Å². The Bertz CT molecular complexity index is 422. The second-order valence-electron chi connectivity index (χ2n) is 6.36. The Kier molecular flexibility index (Phi) is 4.00. The molecule has 1 nitrogen and oxygen atoms in total. The predicted octanol–water partition coefficient (Wildman–Crippen LogP) is 5.11. The summed E-state index contributed by atoms with van der Waals surface area (Å²) in [5.74, 6) is 1.92. The molecule has 1 heteroatoms. The Morgan fingerprint density at radius 3 is 2.21 bits per heavy atom. The fourth-order valence-corrected chi connectivity index (χ4v) is 3.46. The Labute approximate surface area is 116 Å². The van der Waals surface area contributed by atoms with Gasteiger partial charge in [0.1, 0.15) is 0 Å². The van der Waals surface area contributed by atoms with E-state index >= 15 is 0 Å². The van der Waals surface area contributed by atoms with Gasteiger partial charge in [0, 0.05) is 12.0 Å². The molecule has 0 heterocycles. The van der Waals surface area contributed by atoms with E-state index in [4.69, 9.17) is 0 Å². The van der Waals surface area contributed by atoms with Crippen molar-refractivity contribution in [1.82, 2.24) is 0 Å². The third-order valence-corrected chi connectivity index (χ3v) is 5.06. The molecule has 0 spiro atoms. The summed E-state index contributed by atoms with van der Waals surface area (Å²) in [4.78, 5) is 12.2. The highest BCUT2D eigenvalue weighted by Gasteiger charge is 2.20. The molecular formula is C18H24O. The third-order valence-electron chi connectivity index (χ3n) is 5.06. The molecule has 0 atom stereocenters. The number of benzene rings is 1. The van der Waals surface area contributed by atoms with Crippen LogP contribution in [0.25, 0.3) is 0 Å². The van der Waals surface area contributed by atoms with Gasteiger partial charge in [0.15, 0.2) is 5.78 Å². The van der Waals surface area contributed by atoms with E-state index in [0.29, 0.717) is 5.78 Å². The minimum atomic E-state index is 0.340. The highest BCUT2D eigenvalue weighted by molar-refractivity contribution is 5.96. The number of rotatable bonds is 5. The normalized spacial score (nSPS) is 20.4. The van der Waals surface area contributed by atoms with E-state index in [2.05, 4.69) is 12.1 Å². The maximum absolute atomic E-state index is 12.2. The van der Waals surface area contributed by atoms with Crippen LogP contribution in [0.5, 0.6) is 0 Å². The molecule has 0 aromatic heterocycles. The molecule has 2 fully saturated rings. The molecule has 2 aliphatic rings. The molecule has 102 valence electrons. The Balaban J connectivity index is 1.53. The van der Waals surface area contributed by atoms with Crippen LogP contribution in [-0.2, 0) is 0 Å². The average molecular weight is 256 g/mol. The van der Waals surface area contributed by atoms with Gasteiger partial charge in [-0.15, -0.1) is 0 Å². The topological polar surface area (TPSA) is 17.1 Å². The van der Waals surface area contributed by atoms with E-state index < -0.39 is 0 Å². The van der Waals surface area contributed by atoms with Gasteiger partial charge in [-0.1, -0.05) is 56.4 Å². The zero-order chi connectivity index (χ0) is 13.1. The molecule has 3 rings (SSSR count). The van der Waals surface area contributed by atoms with E-state index in [1.165, 1.54) is 50.5 Å². The van der Waals surface area contributed by atoms with Gasteiger partial charge >= 0.3 is 0 Å². The van der Waals surface area contributed by atoms with Crippen molar-refractivity contribution in [2.24, 2.45) is 5.92 Å². The van der Waals surface area contributed by atoms with E-state index in [1.54, 1.807) is 0 Å². The molecule has 0 amide bonds. The van der Waals surface area contributed by atoms with Crippen LogP contribution in [0.15, 0.2) is 24.3 Å². The number of carbonyl (C=O) groups is 1. The van der Waals surface area contributed by atoms with Crippen molar-refractivity contribution in [3.63, 3.8) is 0 Å². The van der Waals surface area contributed by atoms with Crippen molar-refractivity contribution in [2.45, 2.75) is 63.7 Å². The Hall–Kier alpha value is -1.11. The Morgan fingerprint density at radius 1 is 0.947 bits per heavy atom. The molecule has 0 N–H and O–H groups in total. The molecule has 1 aromatic carbocycles. The molecular weight excluding hydrogens is 232 g/mol. The van der Waals surface area contributed by atoms with Crippen LogP contribution in [0.4, 0.5) is 0 Å². The summed E-state index contributed by atoms with van der Waals surface area (Å²) in [7, 11) is 0. The Morgan fingerprint density at radius 2 is 1.63 bits per heavy atom. The van der Waals surface area contributed by atoms with Crippen LogP contribution in [0.2, 0.25) is 0 Å². The van der Waals surface area contributed by atoms with E-state index in [0.717, 1.165) is 30.2 Å². The molecule has 2 saturated carbocycles. The van der Waals surface area contributed by atoms with Gasteiger partial charge in [0.2, 0.25) is 0 Å². The van der Waals surface area contributed by atoms with Gasteiger partial charge < -0.3 is 0 Å². The van der Waals surface area contributed by atoms with Gasteiger partial charge in [-0.05, 0) is 36.7 Å². The first-order valence-electron chi connectivity index (χ1n) is 7.96. The van der Waals surface area contributed by atoms with Crippen molar-refractivity contribution < 1.29 is 4.79 Å². The fourth-order valence-electron chi connectivity index (χ4n) is 3.46. The molecule has 0 radical (unpaired) electrons. The van der Waals surface area contributed by atoms with Crippen molar-refractivity contribution in [3.05, 3.63) is 35.4 Å². The maximum atomic E-state index is 12.2. The summed E-state index contributed by atoms with van der Waals surface area (Å²) in [5, 5.41) is 0. The summed E-state index contributed by atoms with van der Waals surface area (Å²) >= 11 is 0. The van der Waals surface area contributed by atoms with Crippen LogP contribution in [0.1, 0.15) is 79.6 Å². The monoisotopic (exact) mass is 256 g/mol. The summed E-state index contributed by atoms with van der Waals surface area (Å²) < 4.78 is 0. The minimum Gasteiger partial charge on any atom is -0.294 e. The number of hydrogen-bond acceptors (Lipinski definition) is 1. The van der Waals surface area contributed by atoms with E-state index in [1.807, 2.05) is 12.1 Å². The quantitative estimate of drug-likeness (QED) is 0.669. The first-order chi connectivity index (χ1) is 9.33. The summed E-state index contributed by atoms with van der Waals surface area (Å²) in [6.45, 7) is 0. The minimum absolute atomic E-state index is 0.340. The van der Waals surface area contributed by atoms with E-state index in [-0.39, 0.29) is 0 Å². The smallest absolute Gasteiger partial charge is 0.162 e.